The quantitative estimate of drug-likeness (QED) is 0.691. The first-order valence-electron chi connectivity index (χ1n) is 5.74. The number of nitrogens with one attached hydrogen (secondary N) is 2. The van der Waals surface area contributed by atoms with E-state index in [0.717, 1.165) is 26.0 Å². The molecule has 2 aliphatic heterocycles. The van der Waals surface area contributed by atoms with Gasteiger partial charge in [0.25, 0.3) is 0 Å². The van der Waals surface area contributed by atoms with Crippen LogP contribution in [0.1, 0.15) is 26.7 Å². The molecule has 0 spiro atoms. The molecule has 15 heavy (non-hydrogen) atoms. The molecule has 0 aromatic heterocycles. The molecule has 2 aliphatic rings. The zero-order valence-electron chi connectivity index (χ0n) is 9.51. The minimum Gasteiger partial charge on any atom is -0.379 e. The first-order valence-corrected chi connectivity index (χ1v) is 5.74. The highest BCUT2D eigenvalue weighted by Crippen LogP contribution is 2.20. The first-order chi connectivity index (χ1) is 7.11. The molecule has 0 aromatic carbocycles. The molecule has 2 saturated heterocycles. The normalized spacial score (nSPS) is 40.7. The molecule has 0 bridgehead atoms. The Morgan fingerprint density at radius 2 is 2.40 bits per heavy atom. The van der Waals surface area contributed by atoms with Crippen molar-refractivity contribution in [3.05, 3.63) is 0 Å². The molecule has 1 amide bonds. The van der Waals surface area contributed by atoms with E-state index in [-0.39, 0.29) is 17.5 Å². The highest BCUT2D eigenvalue weighted by Gasteiger charge is 2.36. The van der Waals surface area contributed by atoms with Crippen molar-refractivity contribution >= 4 is 5.91 Å². The van der Waals surface area contributed by atoms with Crippen LogP contribution >= 0.6 is 0 Å². The Hall–Kier alpha value is -0.610. The number of hydrogen-bond donors (Lipinski definition) is 2. The summed E-state index contributed by atoms with van der Waals surface area (Å²) < 4.78 is 5.32. The van der Waals surface area contributed by atoms with Gasteiger partial charge in [-0.1, -0.05) is 6.92 Å². The van der Waals surface area contributed by atoms with Gasteiger partial charge in [-0.25, -0.2) is 0 Å². The summed E-state index contributed by atoms with van der Waals surface area (Å²) in [5, 5.41) is 6.35. The molecule has 0 saturated carbocycles. The summed E-state index contributed by atoms with van der Waals surface area (Å²) >= 11 is 0. The lowest BCUT2D eigenvalue weighted by Gasteiger charge is -2.26. The summed E-state index contributed by atoms with van der Waals surface area (Å²) in [6, 6.07) is -0.0116. The third-order valence-electron chi connectivity index (χ3n) is 3.46. The Kier molecular flexibility index (Phi) is 2.98. The van der Waals surface area contributed by atoms with E-state index in [0.29, 0.717) is 12.5 Å². The zero-order valence-corrected chi connectivity index (χ0v) is 9.51. The molecule has 2 fully saturated rings. The number of hydrogen-bond acceptors (Lipinski definition) is 3. The number of carbonyl (C=O) groups is 1. The van der Waals surface area contributed by atoms with Gasteiger partial charge in [0.05, 0.1) is 18.2 Å². The maximum Gasteiger partial charge on any atom is 0.237 e. The lowest BCUT2D eigenvalue weighted by atomic mass is 9.98. The molecule has 3 atom stereocenters. The minimum absolute atomic E-state index is 0.0116. The van der Waals surface area contributed by atoms with E-state index < -0.39 is 0 Å². The van der Waals surface area contributed by atoms with Crippen molar-refractivity contribution in [2.45, 2.75) is 38.3 Å². The molecule has 4 heteroatoms. The van der Waals surface area contributed by atoms with E-state index in [1.807, 2.05) is 0 Å². The predicted molar refractivity (Wildman–Crippen MR) is 57.6 cm³/mol. The summed E-state index contributed by atoms with van der Waals surface area (Å²) in [7, 11) is 0. The van der Waals surface area contributed by atoms with Crippen molar-refractivity contribution in [3.63, 3.8) is 0 Å². The minimum atomic E-state index is -0.152. The molecule has 86 valence electrons. The van der Waals surface area contributed by atoms with Gasteiger partial charge in [-0.3, -0.25) is 4.79 Å². The second kappa shape index (κ2) is 4.10. The van der Waals surface area contributed by atoms with E-state index in [9.17, 15) is 4.79 Å². The van der Waals surface area contributed by atoms with Crippen LogP contribution in [0.3, 0.4) is 0 Å². The number of amides is 1. The third-order valence-corrected chi connectivity index (χ3v) is 3.46. The van der Waals surface area contributed by atoms with E-state index in [1.165, 1.54) is 0 Å². The molecule has 3 unspecified atom stereocenters. The lowest BCUT2D eigenvalue weighted by molar-refractivity contribution is -0.125. The smallest absolute Gasteiger partial charge is 0.237 e. The number of carbonyl (C=O) groups excluding carboxylic acids is 1. The fourth-order valence-electron chi connectivity index (χ4n) is 2.33. The Morgan fingerprint density at radius 3 is 2.93 bits per heavy atom. The second-order valence-electron chi connectivity index (χ2n) is 5.05. The van der Waals surface area contributed by atoms with Gasteiger partial charge < -0.3 is 15.4 Å². The average Bonchev–Trinajstić information content (AvgIpc) is 2.74. The van der Waals surface area contributed by atoms with Crippen LogP contribution in [0.5, 0.6) is 0 Å². The Labute approximate surface area is 90.8 Å². The molecule has 0 aliphatic carbocycles. The standard InChI is InChI=1S/C11H20N2O2/c1-8-3-5-12-9(8)10(14)13-11(2)4-6-15-7-11/h8-9,12H,3-7H2,1-2H3,(H,13,14). The average molecular weight is 212 g/mol. The molecular formula is C11H20N2O2. The van der Waals surface area contributed by atoms with Crippen LogP contribution in [-0.2, 0) is 9.53 Å². The van der Waals surface area contributed by atoms with E-state index in [4.69, 9.17) is 4.74 Å². The van der Waals surface area contributed by atoms with Gasteiger partial charge >= 0.3 is 0 Å². The highest BCUT2D eigenvalue weighted by molar-refractivity contribution is 5.83. The van der Waals surface area contributed by atoms with Gasteiger partial charge in [0.1, 0.15) is 0 Å². The van der Waals surface area contributed by atoms with Crippen LogP contribution in [0.4, 0.5) is 0 Å². The van der Waals surface area contributed by atoms with Crippen LogP contribution < -0.4 is 10.6 Å². The Balaban J connectivity index is 1.91. The van der Waals surface area contributed by atoms with Crippen molar-refractivity contribution in [3.8, 4) is 0 Å². The van der Waals surface area contributed by atoms with Crippen molar-refractivity contribution in [2.75, 3.05) is 19.8 Å². The molecule has 2 rings (SSSR count). The highest BCUT2D eigenvalue weighted by atomic mass is 16.5. The van der Waals surface area contributed by atoms with Gasteiger partial charge in [-0.05, 0) is 32.2 Å². The lowest BCUT2D eigenvalue weighted by Crippen LogP contribution is -2.53. The van der Waals surface area contributed by atoms with Crippen LogP contribution in [0.2, 0.25) is 0 Å². The van der Waals surface area contributed by atoms with Crippen LogP contribution in [0, 0.1) is 5.92 Å². The van der Waals surface area contributed by atoms with Crippen molar-refractivity contribution in [2.24, 2.45) is 5.92 Å². The second-order valence-corrected chi connectivity index (χ2v) is 5.05. The Bertz CT molecular complexity index is 249. The maximum absolute atomic E-state index is 12.0. The van der Waals surface area contributed by atoms with E-state index in [2.05, 4.69) is 24.5 Å². The van der Waals surface area contributed by atoms with Crippen LogP contribution in [0.15, 0.2) is 0 Å². The van der Waals surface area contributed by atoms with Gasteiger partial charge in [0.2, 0.25) is 5.91 Å². The van der Waals surface area contributed by atoms with Crippen molar-refractivity contribution < 1.29 is 9.53 Å². The van der Waals surface area contributed by atoms with Gasteiger partial charge in [-0.2, -0.15) is 0 Å². The summed E-state index contributed by atoms with van der Waals surface area (Å²) in [5.41, 5.74) is -0.152. The Morgan fingerprint density at radius 1 is 1.60 bits per heavy atom. The predicted octanol–water partition coefficient (Wildman–Crippen LogP) is 0.280. The summed E-state index contributed by atoms with van der Waals surface area (Å²) in [4.78, 5) is 12.0. The van der Waals surface area contributed by atoms with Crippen molar-refractivity contribution in [1.82, 2.24) is 10.6 Å². The van der Waals surface area contributed by atoms with Gasteiger partial charge in [-0.15, -0.1) is 0 Å². The molecule has 0 radical (unpaired) electrons. The summed E-state index contributed by atoms with van der Waals surface area (Å²) in [6.07, 6.45) is 2.01. The van der Waals surface area contributed by atoms with Crippen LogP contribution in [0.25, 0.3) is 0 Å². The molecule has 0 aromatic rings. The third kappa shape index (κ3) is 2.32. The van der Waals surface area contributed by atoms with Crippen molar-refractivity contribution in [1.29, 1.82) is 0 Å². The fourth-order valence-corrected chi connectivity index (χ4v) is 2.33. The zero-order chi connectivity index (χ0) is 10.9. The van der Waals surface area contributed by atoms with Gasteiger partial charge in [0.15, 0.2) is 0 Å². The van der Waals surface area contributed by atoms with Gasteiger partial charge in [0, 0.05) is 6.61 Å². The molecule has 2 heterocycles. The molecule has 4 nitrogen and oxygen atoms in total. The summed E-state index contributed by atoms with van der Waals surface area (Å²) in [5.74, 6) is 0.573. The SMILES string of the molecule is CC1CCNC1C(=O)NC1(C)CCOC1. The molecule has 2 N–H and O–H groups in total. The summed E-state index contributed by atoms with van der Waals surface area (Å²) in [6.45, 7) is 6.52. The molecular weight excluding hydrogens is 192 g/mol. The monoisotopic (exact) mass is 212 g/mol. The largest absolute Gasteiger partial charge is 0.379 e. The maximum atomic E-state index is 12.0. The van der Waals surface area contributed by atoms with E-state index >= 15 is 0 Å². The van der Waals surface area contributed by atoms with E-state index in [1.54, 1.807) is 0 Å². The fraction of sp³-hybridized carbons (Fsp3) is 0.909. The number of ether oxygens (including phenoxy) is 1. The number of rotatable bonds is 2. The topological polar surface area (TPSA) is 50.4 Å². The first kappa shape index (κ1) is 10.9. The van der Waals surface area contributed by atoms with Crippen LogP contribution in [-0.4, -0.2) is 37.2 Å².